The Labute approximate surface area is 165 Å². The molecule has 4 heteroatoms. The third kappa shape index (κ3) is 4.18. The Balaban J connectivity index is 1.29. The van der Waals surface area contributed by atoms with E-state index in [2.05, 4.69) is 6.07 Å². The van der Waals surface area contributed by atoms with Gasteiger partial charge in [0.15, 0.2) is 6.61 Å². The molecular weight excluding hydrogens is 350 g/mol. The summed E-state index contributed by atoms with van der Waals surface area (Å²) in [6, 6.07) is 23.7. The molecule has 0 radical (unpaired) electrons. The van der Waals surface area contributed by atoms with Crippen molar-refractivity contribution in [3.63, 3.8) is 0 Å². The third-order valence-electron chi connectivity index (χ3n) is 5.56. The van der Waals surface area contributed by atoms with Crippen LogP contribution in [-0.2, 0) is 4.79 Å². The molecule has 0 bridgehead atoms. The lowest BCUT2D eigenvalue weighted by atomic mass is 9.87. The predicted octanol–water partition coefficient (Wildman–Crippen LogP) is 4.19. The summed E-state index contributed by atoms with van der Waals surface area (Å²) in [7, 11) is 0. The van der Waals surface area contributed by atoms with Crippen molar-refractivity contribution < 1.29 is 14.6 Å². The number of piperidine rings is 1. The molecular formula is C24H25NO3. The van der Waals surface area contributed by atoms with Gasteiger partial charge in [-0.2, -0.15) is 0 Å². The topological polar surface area (TPSA) is 49.8 Å². The van der Waals surface area contributed by atoms with Crippen molar-refractivity contribution in [3.8, 4) is 5.75 Å². The molecule has 4 nitrogen and oxygen atoms in total. The summed E-state index contributed by atoms with van der Waals surface area (Å²) in [5.41, 5.74) is 0.951. The van der Waals surface area contributed by atoms with Crippen LogP contribution < -0.4 is 4.74 Å². The molecule has 1 fully saturated rings. The molecule has 0 saturated carbocycles. The van der Waals surface area contributed by atoms with Crippen LogP contribution in [-0.4, -0.2) is 35.6 Å². The molecule has 1 aliphatic heterocycles. The lowest BCUT2D eigenvalue weighted by Gasteiger charge is -2.34. The van der Waals surface area contributed by atoms with Crippen LogP contribution in [0.5, 0.6) is 5.75 Å². The zero-order valence-corrected chi connectivity index (χ0v) is 15.8. The van der Waals surface area contributed by atoms with Gasteiger partial charge in [0.2, 0.25) is 0 Å². The number of fused-ring (bicyclic) bond motifs is 1. The van der Waals surface area contributed by atoms with E-state index in [0.717, 1.165) is 29.2 Å². The maximum atomic E-state index is 12.5. The van der Waals surface area contributed by atoms with Gasteiger partial charge in [-0.1, -0.05) is 60.7 Å². The van der Waals surface area contributed by atoms with Gasteiger partial charge in [-0.15, -0.1) is 0 Å². The lowest BCUT2D eigenvalue weighted by Crippen LogP contribution is -2.42. The van der Waals surface area contributed by atoms with E-state index in [-0.39, 0.29) is 18.4 Å². The second kappa shape index (κ2) is 8.44. The summed E-state index contributed by atoms with van der Waals surface area (Å²) in [6.45, 7) is 1.37. The Morgan fingerprint density at radius 3 is 2.39 bits per heavy atom. The SMILES string of the molecule is O=C(COc1ccc2ccccc2c1)N1CCC([C@@H](O)c2ccccc2)CC1. The molecule has 144 valence electrons. The normalized spacial score (nSPS) is 16.1. The summed E-state index contributed by atoms with van der Waals surface area (Å²) in [5.74, 6) is 0.898. The number of rotatable bonds is 5. The quantitative estimate of drug-likeness (QED) is 0.727. The van der Waals surface area contributed by atoms with Crippen LogP contribution in [0.15, 0.2) is 72.8 Å². The highest BCUT2D eigenvalue weighted by Crippen LogP contribution is 2.30. The molecule has 1 saturated heterocycles. The second-order valence-corrected chi connectivity index (χ2v) is 7.37. The lowest BCUT2D eigenvalue weighted by molar-refractivity contribution is -0.135. The number of nitrogens with zero attached hydrogens (tertiary/aromatic N) is 1. The van der Waals surface area contributed by atoms with Crippen molar-refractivity contribution in [3.05, 3.63) is 78.4 Å². The van der Waals surface area contributed by atoms with Crippen LogP contribution in [0.3, 0.4) is 0 Å². The number of carbonyl (C=O) groups excluding carboxylic acids is 1. The number of aliphatic hydroxyl groups excluding tert-OH is 1. The molecule has 1 amide bonds. The van der Waals surface area contributed by atoms with Crippen molar-refractivity contribution >= 4 is 16.7 Å². The van der Waals surface area contributed by atoms with E-state index in [9.17, 15) is 9.90 Å². The summed E-state index contributed by atoms with van der Waals surface area (Å²) < 4.78 is 5.73. The first-order chi connectivity index (χ1) is 13.7. The van der Waals surface area contributed by atoms with E-state index >= 15 is 0 Å². The number of aliphatic hydroxyl groups is 1. The van der Waals surface area contributed by atoms with E-state index in [1.165, 1.54) is 0 Å². The van der Waals surface area contributed by atoms with E-state index in [1.807, 2.05) is 71.6 Å². The van der Waals surface area contributed by atoms with Gasteiger partial charge >= 0.3 is 0 Å². The maximum Gasteiger partial charge on any atom is 0.260 e. The average molecular weight is 375 g/mol. The molecule has 0 aromatic heterocycles. The molecule has 0 aliphatic carbocycles. The Kier molecular flexibility index (Phi) is 5.58. The predicted molar refractivity (Wildman–Crippen MR) is 110 cm³/mol. The van der Waals surface area contributed by atoms with Crippen LogP contribution in [0.2, 0.25) is 0 Å². The summed E-state index contributed by atoms with van der Waals surface area (Å²) >= 11 is 0. The minimum absolute atomic E-state index is 0.000750. The smallest absolute Gasteiger partial charge is 0.260 e. The van der Waals surface area contributed by atoms with Gasteiger partial charge in [-0.25, -0.2) is 0 Å². The molecule has 3 aromatic carbocycles. The largest absolute Gasteiger partial charge is 0.484 e. The standard InChI is InChI=1S/C24H25NO3/c26-23(17-28-22-11-10-18-6-4-5-9-21(18)16-22)25-14-12-20(13-15-25)24(27)19-7-2-1-3-8-19/h1-11,16,20,24,27H,12-15,17H2/t24-/m0/s1. The number of amides is 1. The Morgan fingerprint density at radius 1 is 0.964 bits per heavy atom. The van der Waals surface area contributed by atoms with Gasteiger partial charge in [0.1, 0.15) is 5.75 Å². The fourth-order valence-electron chi connectivity index (χ4n) is 3.88. The first-order valence-electron chi connectivity index (χ1n) is 9.83. The summed E-state index contributed by atoms with van der Waals surface area (Å²) in [6.07, 6.45) is 1.14. The molecule has 1 N–H and O–H groups in total. The zero-order chi connectivity index (χ0) is 19.3. The minimum atomic E-state index is -0.465. The number of hydrogen-bond donors (Lipinski definition) is 1. The number of benzene rings is 3. The highest BCUT2D eigenvalue weighted by atomic mass is 16.5. The molecule has 3 aromatic rings. The summed E-state index contributed by atoms with van der Waals surface area (Å²) in [5, 5.41) is 12.8. The molecule has 1 aliphatic rings. The maximum absolute atomic E-state index is 12.5. The van der Waals surface area contributed by atoms with Gasteiger partial charge in [0.25, 0.3) is 5.91 Å². The van der Waals surface area contributed by atoms with Gasteiger partial charge in [-0.05, 0) is 47.2 Å². The van der Waals surface area contributed by atoms with Crippen molar-refractivity contribution in [1.82, 2.24) is 4.90 Å². The van der Waals surface area contributed by atoms with E-state index in [4.69, 9.17) is 4.74 Å². The molecule has 28 heavy (non-hydrogen) atoms. The Bertz CT molecular complexity index is 933. The number of likely N-dealkylation sites (tertiary alicyclic amines) is 1. The molecule has 4 rings (SSSR count). The van der Waals surface area contributed by atoms with Gasteiger partial charge in [-0.3, -0.25) is 4.79 Å². The van der Waals surface area contributed by atoms with Crippen LogP contribution in [0, 0.1) is 5.92 Å². The van der Waals surface area contributed by atoms with E-state index in [0.29, 0.717) is 18.8 Å². The Morgan fingerprint density at radius 2 is 1.64 bits per heavy atom. The minimum Gasteiger partial charge on any atom is -0.484 e. The zero-order valence-electron chi connectivity index (χ0n) is 15.8. The van der Waals surface area contributed by atoms with Crippen LogP contribution in [0.25, 0.3) is 10.8 Å². The van der Waals surface area contributed by atoms with E-state index in [1.54, 1.807) is 0 Å². The number of ether oxygens (including phenoxy) is 1. The third-order valence-corrected chi connectivity index (χ3v) is 5.56. The van der Waals surface area contributed by atoms with Gasteiger partial charge in [0.05, 0.1) is 6.10 Å². The number of carbonyl (C=O) groups is 1. The molecule has 1 heterocycles. The number of hydrogen-bond acceptors (Lipinski definition) is 3. The van der Waals surface area contributed by atoms with Crippen molar-refractivity contribution in [2.24, 2.45) is 5.92 Å². The van der Waals surface area contributed by atoms with E-state index < -0.39 is 6.10 Å². The average Bonchev–Trinajstić information content (AvgIpc) is 2.77. The van der Waals surface area contributed by atoms with Crippen LogP contribution in [0.1, 0.15) is 24.5 Å². The summed E-state index contributed by atoms with van der Waals surface area (Å²) in [4.78, 5) is 14.4. The monoisotopic (exact) mass is 375 g/mol. The molecule has 1 atom stereocenters. The van der Waals surface area contributed by atoms with Crippen molar-refractivity contribution in [2.75, 3.05) is 19.7 Å². The van der Waals surface area contributed by atoms with Gasteiger partial charge in [0, 0.05) is 13.1 Å². The Hall–Kier alpha value is -2.85. The first-order valence-corrected chi connectivity index (χ1v) is 9.83. The highest BCUT2D eigenvalue weighted by Gasteiger charge is 2.28. The van der Waals surface area contributed by atoms with Crippen LogP contribution >= 0.6 is 0 Å². The molecule has 0 spiro atoms. The second-order valence-electron chi connectivity index (χ2n) is 7.37. The fourth-order valence-corrected chi connectivity index (χ4v) is 3.88. The van der Waals surface area contributed by atoms with Crippen molar-refractivity contribution in [1.29, 1.82) is 0 Å². The van der Waals surface area contributed by atoms with Crippen molar-refractivity contribution in [2.45, 2.75) is 18.9 Å². The van der Waals surface area contributed by atoms with Gasteiger partial charge < -0.3 is 14.7 Å². The highest BCUT2D eigenvalue weighted by molar-refractivity contribution is 5.84. The van der Waals surface area contributed by atoms with Crippen LogP contribution in [0.4, 0.5) is 0 Å². The fraction of sp³-hybridized carbons (Fsp3) is 0.292. The first kappa shape index (κ1) is 18.5. The molecule has 0 unspecified atom stereocenters.